The summed E-state index contributed by atoms with van der Waals surface area (Å²) in [6, 6.07) is 7.86. The van der Waals surface area contributed by atoms with Crippen LogP contribution in [0.15, 0.2) is 24.3 Å². The van der Waals surface area contributed by atoms with E-state index in [1.807, 2.05) is 24.3 Å². The summed E-state index contributed by atoms with van der Waals surface area (Å²) in [7, 11) is 1.66. The highest BCUT2D eigenvalue weighted by Gasteiger charge is 1.93. The second kappa shape index (κ2) is 5.93. The van der Waals surface area contributed by atoms with Crippen LogP contribution >= 0.6 is 0 Å². The number of ether oxygens (including phenoxy) is 1. The van der Waals surface area contributed by atoms with Gasteiger partial charge in [-0.1, -0.05) is 6.07 Å². The number of nitrogens with one attached hydrogen (secondary N) is 1. The van der Waals surface area contributed by atoms with Gasteiger partial charge in [0.2, 0.25) is 0 Å². The van der Waals surface area contributed by atoms with Crippen molar-refractivity contribution in [2.45, 2.75) is 12.8 Å². The van der Waals surface area contributed by atoms with Crippen LogP contribution in [0.5, 0.6) is 5.75 Å². The average Bonchev–Trinajstić information content (AvgIpc) is 2.25. The normalized spacial score (nSPS) is 9.14. The van der Waals surface area contributed by atoms with Crippen LogP contribution in [-0.2, 0) is 0 Å². The summed E-state index contributed by atoms with van der Waals surface area (Å²) in [4.78, 5) is 0. The molecule has 0 spiro atoms. The Labute approximate surface area is 85.3 Å². The van der Waals surface area contributed by atoms with Crippen LogP contribution in [0.4, 0.5) is 5.69 Å². The van der Waals surface area contributed by atoms with Crippen molar-refractivity contribution >= 4 is 5.69 Å². The first kappa shape index (κ1) is 10.5. The number of terminal acetylenes is 1. The van der Waals surface area contributed by atoms with Crippen LogP contribution < -0.4 is 10.1 Å². The van der Waals surface area contributed by atoms with Gasteiger partial charge in [0.05, 0.1) is 7.11 Å². The second-order valence-electron chi connectivity index (χ2n) is 2.97. The minimum atomic E-state index is 0.816. The van der Waals surface area contributed by atoms with Crippen molar-refractivity contribution in [3.63, 3.8) is 0 Å². The van der Waals surface area contributed by atoms with E-state index in [0.29, 0.717) is 0 Å². The first-order valence-corrected chi connectivity index (χ1v) is 4.68. The molecule has 0 saturated carbocycles. The molecule has 1 aromatic rings. The molecule has 0 aliphatic rings. The van der Waals surface area contributed by atoms with Gasteiger partial charge in [0.15, 0.2) is 0 Å². The van der Waals surface area contributed by atoms with Crippen LogP contribution in [0, 0.1) is 12.3 Å². The fraction of sp³-hybridized carbons (Fsp3) is 0.333. The number of hydrogen-bond donors (Lipinski definition) is 1. The van der Waals surface area contributed by atoms with Crippen LogP contribution in [0.1, 0.15) is 12.8 Å². The summed E-state index contributed by atoms with van der Waals surface area (Å²) in [5.74, 6) is 3.48. The predicted octanol–water partition coefficient (Wildman–Crippen LogP) is 2.52. The molecule has 0 saturated heterocycles. The number of benzene rings is 1. The third-order valence-electron chi connectivity index (χ3n) is 1.90. The van der Waals surface area contributed by atoms with E-state index in [1.165, 1.54) is 0 Å². The third-order valence-corrected chi connectivity index (χ3v) is 1.90. The second-order valence-corrected chi connectivity index (χ2v) is 2.97. The number of unbranched alkanes of at least 4 members (excludes halogenated alkanes) is 1. The van der Waals surface area contributed by atoms with E-state index in [9.17, 15) is 0 Å². The maximum Gasteiger partial charge on any atom is 0.120 e. The first-order valence-electron chi connectivity index (χ1n) is 4.68. The Morgan fingerprint density at radius 1 is 1.50 bits per heavy atom. The van der Waals surface area contributed by atoms with E-state index in [4.69, 9.17) is 11.2 Å². The molecule has 1 rings (SSSR count). The highest BCUT2D eigenvalue weighted by molar-refractivity contribution is 5.47. The van der Waals surface area contributed by atoms with Gasteiger partial charge < -0.3 is 10.1 Å². The van der Waals surface area contributed by atoms with E-state index in [1.54, 1.807) is 7.11 Å². The molecule has 0 amide bonds. The van der Waals surface area contributed by atoms with E-state index < -0.39 is 0 Å². The summed E-state index contributed by atoms with van der Waals surface area (Å²) in [5, 5.41) is 3.28. The van der Waals surface area contributed by atoms with E-state index >= 15 is 0 Å². The lowest BCUT2D eigenvalue weighted by Crippen LogP contribution is -2.00. The standard InChI is InChI=1S/C12H15NO/c1-3-4-5-9-13-11-7-6-8-12(10-11)14-2/h1,6-8,10,13H,4-5,9H2,2H3. The van der Waals surface area contributed by atoms with Crippen molar-refractivity contribution < 1.29 is 4.74 Å². The minimum Gasteiger partial charge on any atom is -0.497 e. The molecule has 14 heavy (non-hydrogen) atoms. The summed E-state index contributed by atoms with van der Waals surface area (Å²) >= 11 is 0. The Hall–Kier alpha value is -1.62. The Bertz CT molecular complexity index is 314. The average molecular weight is 189 g/mol. The summed E-state index contributed by atoms with van der Waals surface area (Å²) in [5.41, 5.74) is 1.07. The topological polar surface area (TPSA) is 21.3 Å². The molecule has 0 atom stereocenters. The summed E-state index contributed by atoms with van der Waals surface area (Å²) in [6.45, 7) is 0.900. The van der Waals surface area contributed by atoms with Crippen molar-refractivity contribution in [1.82, 2.24) is 0 Å². The van der Waals surface area contributed by atoms with E-state index in [0.717, 1.165) is 30.8 Å². The molecule has 1 aromatic carbocycles. The van der Waals surface area contributed by atoms with Crippen molar-refractivity contribution in [2.75, 3.05) is 19.0 Å². The van der Waals surface area contributed by atoms with Gasteiger partial charge in [0.1, 0.15) is 5.75 Å². The Morgan fingerprint density at radius 2 is 2.36 bits per heavy atom. The zero-order valence-corrected chi connectivity index (χ0v) is 8.42. The zero-order chi connectivity index (χ0) is 10.2. The maximum absolute atomic E-state index is 5.16. The molecule has 0 fully saturated rings. The SMILES string of the molecule is C#CCCCNc1cccc(OC)c1. The Kier molecular flexibility index (Phi) is 4.43. The van der Waals surface area contributed by atoms with E-state index in [2.05, 4.69) is 11.2 Å². The molecule has 0 unspecified atom stereocenters. The highest BCUT2D eigenvalue weighted by Crippen LogP contribution is 2.16. The molecule has 2 nitrogen and oxygen atoms in total. The first-order chi connectivity index (χ1) is 6.86. The molecule has 0 bridgehead atoms. The van der Waals surface area contributed by atoms with Crippen molar-refractivity contribution in [2.24, 2.45) is 0 Å². The lowest BCUT2D eigenvalue weighted by molar-refractivity contribution is 0.415. The summed E-state index contributed by atoms with van der Waals surface area (Å²) in [6.07, 6.45) is 6.97. The number of anilines is 1. The predicted molar refractivity (Wildman–Crippen MR) is 59.6 cm³/mol. The van der Waals surface area contributed by atoms with Gasteiger partial charge in [0.25, 0.3) is 0 Å². The Morgan fingerprint density at radius 3 is 3.07 bits per heavy atom. The molecule has 0 aromatic heterocycles. The zero-order valence-electron chi connectivity index (χ0n) is 8.42. The lowest BCUT2D eigenvalue weighted by atomic mass is 10.2. The van der Waals surface area contributed by atoms with Gasteiger partial charge in [-0.15, -0.1) is 12.3 Å². The van der Waals surface area contributed by atoms with Crippen LogP contribution in [-0.4, -0.2) is 13.7 Å². The molecule has 0 heterocycles. The number of methoxy groups -OCH3 is 1. The molecule has 0 radical (unpaired) electrons. The van der Waals surface area contributed by atoms with Crippen LogP contribution in [0.2, 0.25) is 0 Å². The molecule has 0 aliphatic carbocycles. The van der Waals surface area contributed by atoms with Gasteiger partial charge in [-0.3, -0.25) is 0 Å². The van der Waals surface area contributed by atoms with Crippen LogP contribution in [0.25, 0.3) is 0 Å². The molecule has 1 N–H and O–H groups in total. The fourth-order valence-corrected chi connectivity index (χ4v) is 1.16. The van der Waals surface area contributed by atoms with E-state index in [-0.39, 0.29) is 0 Å². The van der Waals surface area contributed by atoms with Crippen molar-refractivity contribution in [1.29, 1.82) is 0 Å². The fourth-order valence-electron chi connectivity index (χ4n) is 1.16. The molecular weight excluding hydrogens is 174 g/mol. The minimum absolute atomic E-state index is 0.816. The molecule has 74 valence electrons. The van der Waals surface area contributed by atoms with Gasteiger partial charge in [0, 0.05) is 24.7 Å². The van der Waals surface area contributed by atoms with Crippen molar-refractivity contribution in [3.05, 3.63) is 24.3 Å². The van der Waals surface area contributed by atoms with Gasteiger partial charge in [-0.05, 0) is 18.6 Å². The largest absolute Gasteiger partial charge is 0.497 e. The molecule has 0 aliphatic heterocycles. The monoisotopic (exact) mass is 189 g/mol. The summed E-state index contributed by atoms with van der Waals surface area (Å²) < 4.78 is 5.11. The van der Waals surface area contributed by atoms with Crippen LogP contribution in [0.3, 0.4) is 0 Å². The maximum atomic E-state index is 5.16. The Balaban J connectivity index is 2.39. The molecule has 2 heteroatoms. The highest BCUT2D eigenvalue weighted by atomic mass is 16.5. The van der Waals surface area contributed by atoms with Crippen molar-refractivity contribution in [3.8, 4) is 18.1 Å². The molecular formula is C12H15NO. The van der Waals surface area contributed by atoms with Gasteiger partial charge in [-0.2, -0.15) is 0 Å². The quantitative estimate of drug-likeness (QED) is 0.567. The number of hydrogen-bond acceptors (Lipinski definition) is 2. The smallest absolute Gasteiger partial charge is 0.120 e. The third kappa shape index (κ3) is 3.40. The van der Waals surface area contributed by atoms with Gasteiger partial charge >= 0.3 is 0 Å². The lowest BCUT2D eigenvalue weighted by Gasteiger charge is -2.06. The van der Waals surface area contributed by atoms with Gasteiger partial charge in [-0.25, -0.2) is 0 Å². The number of rotatable bonds is 5.